The largest absolute Gasteiger partial charge is 0.490 e. The fourth-order valence-corrected chi connectivity index (χ4v) is 5.86. The van der Waals surface area contributed by atoms with Crippen LogP contribution in [0.25, 0.3) is 11.0 Å². The molecule has 0 aliphatic carbocycles. The molecule has 0 radical (unpaired) electrons. The van der Waals surface area contributed by atoms with Gasteiger partial charge in [0.15, 0.2) is 11.9 Å². The number of H-pyrrole nitrogens is 1. The molecule has 180 valence electrons. The molecule has 9 N–H and O–H groups in total. The molecule has 3 rings (SSSR count). The minimum atomic E-state index is -5.72. The van der Waals surface area contributed by atoms with Gasteiger partial charge in [-0.3, -0.25) is 14.3 Å². The fraction of sp³-hybridized carbons (Fsp3) is 0.455. The molecule has 6 atom stereocenters. The Morgan fingerprint density at radius 3 is 2.41 bits per heavy atom. The Kier molecular flexibility index (Phi) is 6.83. The van der Waals surface area contributed by atoms with E-state index in [4.69, 9.17) is 25.2 Å². The quantitative estimate of drug-likeness (QED) is 0.179. The lowest BCUT2D eigenvalue weighted by molar-refractivity contribution is -0.0500. The van der Waals surface area contributed by atoms with Crippen molar-refractivity contribution in [3.8, 4) is 0 Å². The van der Waals surface area contributed by atoms with Gasteiger partial charge >= 0.3 is 23.5 Å². The van der Waals surface area contributed by atoms with E-state index in [-0.39, 0.29) is 17.0 Å². The van der Waals surface area contributed by atoms with Crippen molar-refractivity contribution in [3.63, 3.8) is 0 Å². The van der Waals surface area contributed by atoms with E-state index in [1.807, 2.05) is 0 Å². The second-order valence-corrected chi connectivity index (χ2v) is 10.8. The van der Waals surface area contributed by atoms with Crippen LogP contribution in [0.3, 0.4) is 0 Å². The molecule has 1 aliphatic rings. The van der Waals surface area contributed by atoms with Crippen molar-refractivity contribution < 1.29 is 61.4 Å². The first-order chi connectivity index (χ1) is 14.6. The van der Waals surface area contributed by atoms with E-state index in [1.165, 1.54) is 16.8 Å². The number of aromatic amines is 1. The summed E-state index contributed by atoms with van der Waals surface area (Å²) in [7, 11) is -16.7. The number of anilines is 1. The summed E-state index contributed by atoms with van der Waals surface area (Å²) in [5, 5.41) is 20.5. The highest BCUT2D eigenvalue weighted by Gasteiger charge is 2.46. The number of nitrogens with two attached hydrogens (primary N) is 1. The standard InChI is InChI=1S/C11H17N4O14P3/c12-11-13-8-4(9(18)14-11)1-2-15(8)10-7(17)6(16)5(27-10)3-26-31(22,23)29-32(24,25)28-30(19,20)21/h1-2,5-7,10,16-17H,3H2,(H,22,23)(H,24,25)(H2,19,20,21)(H3,12,13,14,18)/t5-,6-,7-,10-/m1/s1. The zero-order valence-electron chi connectivity index (χ0n) is 15.4. The van der Waals surface area contributed by atoms with E-state index in [0.29, 0.717) is 0 Å². The van der Waals surface area contributed by atoms with E-state index >= 15 is 0 Å². The second-order valence-electron chi connectivity index (χ2n) is 6.34. The van der Waals surface area contributed by atoms with Gasteiger partial charge in [-0.15, -0.1) is 0 Å². The number of ether oxygens (including phenoxy) is 1. The van der Waals surface area contributed by atoms with Gasteiger partial charge in [-0.1, -0.05) is 0 Å². The fourth-order valence-electron chi connectivity index (χ4n) is 2.83. The summed E-state index contributed by atoms with van der Waals surface area (Å²) in [6.07, 6.45) is -4.92. The Bertz CT molecular complexity index is 1210. The number of nitrogen functional groups attached to an aromatic ring is 1. The smallest absolute Gasteiger partial charge is 0.387 e. The van der Waals surface area contributed by atoms with Gasteiger partial charge in [0.2, 0.25) is 5.95 Å². The number of nitrogens with zero attached hydrogens (tertiary/aromatic N) is 2. The van der Waals surface area contributed by atoms with E-state index in [2.05, 4.69) is 23.1 Å². The summed E-state index contributed by atoms with van der Waals surface area (Å²) in [6, 6.07) is 1.34. The first kappa shape index (κ1) is 25.1. The molecule has 2 aromatic rings. The molecule has 0 aromatic carbocycles. The number of fused-ring (bicyclic) bond motifs is 1. The average Bonchev–Trinajstić information content (AvgIpc) is 3.12. The van der Waals surface area contributed by atoms with E-state index < -0.39 is 60.2 Å². The van der Waals surface area contributed by atoms with Crippen molar-refractivity contribution in [1.29, 1.82) is 0 Å². The van der Waals surface area contributed by atoms with Crippen LogP contribution in [0.5, 0.6) is 0 Å². The monoisotopic (exact) mass is 522 g/mol. The van der Waals surface area contributed by atoms with Crippen LogP contribution in [0.4, 0.5) is 5.95 Å². The van der Waals surface area contributed by atoms with E-state index in [0.717, 1.165) is 0 Å². The van der Waals surface area contributed by atoms with Crippen molar-refractivity contribution in [3.05, 3.63) is 22.6 Å². The van der Waals surface area contributed by atoms with Crippen LogP contribution >= 0.6 is 23.5 Å². The van der Waals surface area contributed by atoms with Gasteiger partial charge < -0.3 is 44.8 Å². The molecule has 0 spiro atoms. The Morgan fingerprint density at radius 1 is 1.12 bits per heavy atom. The number of phosphoric acid groups is 3. The molecular weight excluding hydrogens is 505 g/mol. The van der Waals surface area contributed by atoms with Gasteiger partial charge in [-0.2, -0.15) is 13.6 Å². The summed E-state index contributed by atoms with van der Waals surface area (Å²) in [6.45, 7) is -0.992. The van der Waals surface area contributed by atoms with Crippen LogP contribution in [0.15, 0.2) is 17.1 Å². The Hall–Kier alpha value is -1.49. The molecule has 0 bridgehead atoms. The molecule has 1 aliphatic heterocycles. The number of aliphatic hydroxyl groups is 2. The van der Waals surface area contributed by atoms with Crippen LogP contribution in [0.2, 0.25) is 0 Å². The van der Waals surface area contributed by atoms with Crippen LogP contribution in [0.1, 0.15) is 6.23 Å². The average molecular weight is 522 g/mol. The first-order valence-corrected chi connectivity index (χ1v) is 12.8. The van der Waals surface area contributed by atoms with Crippen LogP contribution in [0, 0.1) is 0 Å². The van der Waals surface area contributed by atoms with Gasteiger partial charge in [0.25, 0.3) is 5.56 Å². The highest BCUT2D eigenvalue weighted by atomic mass is 31.3. The minimum absolute atomic E-state index is 0.00367. The Balaban J connectivity index is 1.72. The summed E-state index contributed by atoms with van der Waals surface area (Å²) < 4.78 is 51.8. The summed E-state index contributed by atoms with van der Waals surface area (Å²) in [5.74, 6) is -0.236. The highest BCUT2D eigenvalue weighted by molar-refractivity contribution is 7.66. The predicted octanol–water partition coefficient (Wildman–Crippen LogP) is -1.73. The lowest BCUT2D eigenvalue weighted by Crippen LogP contribution is -2.33. The number of aromatic nitrogens is 3. The lowest BCUT2D eigenvalue weighted by Gasteiger charge is -2.19. The zero-order valence-corrected chi connectivity index (χ0v) is 18.1. The molecular formula is C11H17N4O14P3. The van der Waals surface area contributed by atoms with Crippen molar-refractivity contribution in [2.24, 2.45) is 0 Å². The number of rotatable bonds is 8. The third kappa shape index (κ3) is 5.70. The lowest BCUT2D eigenvalue weighted by atomic mass is 10.1. The molecule has 0 amide bonds. The Morgan fingerprint density at radius 2 is 1.78 bits per heavy atom. The Labute approximate surface area is 176 Å². The van der Waals surface area contributed by atoms with Crippen molar-refractivity contribution in [2.75, 3.05) is 12.3 Å². The van der Waals surface area contributed by atoms with Crippen LogP contribution < -0.4 is 11.3 Å². The van der Waals surface area contributed by atoms with E-state index in [1.54, 1.807) is 0 Å². The van der Waals surface area contributed by atoms with Gasteiger partial charge in [-0.25, -0.2) is 13.7 Å². The number of aliphatic hydroxyl groups excluding tert-OH is 2. The first-order valence-electron chi connectivity index (χ1n) is 8.25. The maximum Gasteiger partial charge on any atom is 0.490 e. The molecule has 3 heterocycles. The van der Waals surface area contributed by atoms with Crippen molar-refractivity contribution >= 4 is 40.4 Å². The molecule has 2 aromatic heterocycles. The van der Waals surface area contributed by atoms with Gasteiger partial charge in [0, 0.05) is 6.20 Å². The zero-order chi connectivity index (χ0) is 24.1. The molecule has 0 saturated carbocycles. The SMILES string of the molecule is Nc1nc2c(ccn2[C@@H]2O[C@H](COP(=O)(O)OP(=O)(O)OP(=O)(O)O)[C@@H](O)[C@H]2O)c(=O)[nH]1. The third-order valence-corrected chi connectivity index (χ3v) is 7.83. The van der Waals surface area contributed by atoms with Crippen LogP contribution in [-0.2, 0) is 31.6 Å². The maximum absolute atomic E-state index is 11.9. The number of nitrogens with one attached hydrogen (secondary N) is 1. The maximum atomic E-state index is 11.9. The molecule has 18 nitrogen and oxygen atoms in total. The van der Waals surface area contributed by atoms with Gasteiger partial charge in [0.05, 0.1) is 12.0 Å². The summed E-state index contributed by atoms with van der Waals surface area (Å²) >= 11 is 0. The third-order valence-electron chi connectivity index (χ3n) is 4.03. The summed E-state index contributed by atoms with van der Waals surface area (Å²) in [4.78, 5) is 53.7. The highest BCUT2D eigenvalue weighted by Crippen LogP contribution is 2.66. The molecule has 32 heavy (non-hydrogen) atoms. The molecule has 1 fully saturated rings. The topological polar surface area (TPSA) is 286 Å². The molecule has 2 unspecified atom stereocenters. The van der Waals surface area contributed by atoms with E-state index in [9.17, 15) is 33.6 Å². The predicted molar refractivity (Wildman–Crippen MR) is 101 cm³/mol. The van der Waals surface area contributed by atoms with Crippen LogP contribution in [-0.4, -0.2) is 69.2 Å². The van der Waals surface area contributed by atoms with Gasteiger partial charge in [-0.05, 0) is 6.07 Å². The molecule has 1 saturated heterocycles. The normalized spacial score (nSPS) is 27.9. The van der Waals surface area contributed by atoms with Crippen molar-refractivity contribution in [2.45, 2.75) is 24.5 Å². The number of phosphoric ester groups is 1. The minimum Gasteiger partial charge on any atom is -0.387 e. The number of hydrogen-bond donors (Lipinski definition) is 8. The molecule has 21 heteroatoms. The second kappa shape index (κ2) is 8.70. The summed E-state index contributed by atoms with van der Waals surface area (Å²) in [5.41, 5.74) is 4.91. The number of hydrogen-bond acceptors (Lipinski definition) is 12. The van der Waals surface area contributed by atoms with Crippen molar-refractivity contribution in [1.82, 2.24) is 14.5 Å². The van der Waals surface area contributed by atoms with Gasteiger partial charge in [0.1, 0.15) is 18.3 Å².